The molecule has 354 valence electrons. The highest BCUT2D eigenvalue weighted by Crippen LogP contribution is 2.76. The summed E-state index contributed by atoms with van der Waals surface area (Å²) in [7, 11) is 1.55. The zero-order valence-electron chi connectivity index (χ0n) is 40.0. The largest absolute Gasteiger partial charge is 0.469 e. The zero-order chi connectivity index (χ0) is 46.6. The van der Waals surface area contributed by atoms with E-state index in [1.54, 1.807) is 7.11 Å². The van der Waals surface area contributed by atoms with Crippen LogP contribution in [0.2, 0.25) is 0 Å². The van der Waals surface area contributed by atoms with Gasteiger partial charge in [0.1, 0.15) is 12.7 Å². The standard InChI is InChI=1S/C51H73NO12/c1-29-19-24-51(45(56)58-11)26-25-49(9)35(40(51)30(29)2)17-18-38-48(8)22-21-39(47(6,7)37(48)20-23-50(38,49)10)64-44-43(62-33(5)55)42(61-32(4)54)41(60-31(3)53)36(63-44)27-52-46(57)59-28-34-15-13-12-14-16-34/h12-17,29-30,36-44H,18-28H2,1-11H3,(H,52,57)/t29-,30+,36-,37+,38-,39+,40+,41-,42+,43-,44+,48+,49-,50-,51+/m1/s1. The van der Waals surface area contributed by atoms with Crippen molar-refractivity contribution in [3.05, 3.63) is 47.5 Å². The lowest BCUT2D eigenvalue weighted by molar-refractivity contribution is -0.329. The van der Waals surface area contributed by atoms with Crippen molar-refractivity contribution in [3.8, 4) is 0 Å². The van der Waals surface area contributed by atoms with Gasteiger partial charge in [-0.3, -0.25) is 19.2 Å². The molecule has 64 heavy (non-hydrogen) atoms. The summed E-state index contributed by atoms with van der Waals surface area (Å²) in [5.74, 6) is -0.344. The number of hydrogen-bond acceptors (Lipinski definition) is 12. The third kappa shape index (κ3) is 8.27. The van der Waals surface area contributed by atoms with Gasteiger partial charge in [0.15, 0.2) is 24.6 Å². The molecule has 1 aromatic carbocycles. The van der Waals surface area contributed by atoms with Gasteiger partial charge in [-0.05, 0) is 115 Å². The summed E-state index contributed by atoms with van der Waals surface area (Å²) < 4.78 is 42.0. The minimum absolute atomic E-state index is 0.00708. The summed E-state index contributed by atoms with van der Waals surface area (Å²) >= 11 is 0. The Balaban J connectivity index is 1.15. The molecule has 0 bridgehead atoms. The predicted octanol–water partition coefficient (Wildman–Crippen LogP) is 8.65. The molecule has 1 heterocycles. The first-order chi connectivity index (χ1) is 30.1. The summed E-state index contributed by atoms with van der Waals surface area (Å²) in [6, 6.07) is 9.23. The Kier molecular flexibility index (Phi) is 13.5. The number of hydrogen-bond donors (Lipinski definition) is 1. The van der Waals surface area contributed by atoms with Gasteiger partial charge in [-0.1, -0.05) is 90.4 Å². The molecule has 7 rings (SSSR count). The number of benzene rings is 1. The van der Waals surface area contributed by atoms with Gasteiger partial charge in [-0.2, -0.15) is 0 Å². The lowest BCUT2D eigenvalue weighted by atomic mass is 9.33. The lowest BCUT2D eigenvalue weighted by Gasteiger charge is -2.71. The number of fused-ring (bicyclic) bond motifs is 7. The van der Waals surface area contributed by atoms with Crippen molar-refractivity contribution >= 4 is 30.0 Å². The summed E-state index contributed by atoms with van der Waals surface area (Å²) in [4.78, 5) is 64.7. The van der Waals surface area contributed by atoms with Crippen molar-refractivity contribution in [2.75, 3.05) is 13.7 Å². The van der Waals surface area contributed by atoms with E-state index in [1.165, 1.54) is 26.3 Å². The number of carbonyl (C=O) groups is 5. The van der Waals surface area contributed by atoms with Gasteiger partial charge in [0.2, 0.25) is 0 Å². The number of rotatable bonds is 10. The minimum Gasteiger partial charge on any atom is -0.469 e. The first-order valence-electron chi connectivity index (χ1n) is 23.7. The van der Waals surface area contributed by atoms with Gasteiger partial charge in [0, 0.05) is 20.8 Å². The van der Waals surface area contributed by atoms with Crippen molar-refractivity contribution in [1.29, 1.82) is 0 Å². The van der Waals surface area contributed by atoms with Gasteiger partial charge in [-0.15, -0.1) is 0 Å². The molecule has 1 saturated heterocycles. The first kappa shape index (κ1) is 48.0. The molecule has 1 amide bonds. The average molecular weight is 892 g/mol. The molecule has 4 saturated carbocycles. The Morgan fingerprint density at radius 1 is 0.766 bits per heavy atom. The topological polar surface area (TPSA) is 162 Å². The summed E-state index contributed by atoms with van der Waals surface area (Å²) in [5.41, 5.74) is 1.34. The monoisotopic (exact) mass is 892 g/mol. The third-order valence-electron chi connectivity index (χ3n) is 18.0. The van der Waals surface area contributed by atoms with Crippen LogP contribution in [0.5, 0.6) is 0 Å². The van der Waals surface area contributed by atoms with Crippen LogP contribution in [0.4, 0.5) is 4.79 Å². The average Bonchev–Trinajstić information content (AvgIpc) is 3.23. The van der Waals surface area contributed by atoms with Crippen LogP contribution < -0.4 is 5.32 Å². The van der Waals surface area contributed by atoms with Crippen LogP contribution in [0.3, 0.4) is 0 Å². The highest BCUT2D eigenvalue weighted by atomic mass is 16.7. The Morgan fingerprint density at radius 2 is 1.42 bits per heavy atom. The second-order valence-corrected chi connectivity index (χ2v) is 21.5. The highest BCUT2D eigenvalue weighted by molar-refractivity contribution is 5.78. The van der Waals surface area contributed by atoms with Gasteiger partial charge in [-0.25, -0.2) is 4.79 Å². The van der Waals surface area contributed by atoms with Gasteiger partial charge in [0.25, 0.3) is 0 Å². The lowest BCUT2D eigenvalue weighted by Crippen LogP contribution is -2.67. The molecule has 0 aromatic heterocycles. The van der Waals surface area contributed by atoms with E-state index in [0.29, 0.717) is 24.2 Å². The number of allylic oxidation sites excluding steroid dienone is 2. The smallest absolute Gasteiger partial charge is 0.407 e. The van der Waals surface area contributed by atoms with Crippen molar-refractivity contribution in [1.82, 2.24) is 5.32 Å². The number of esters is 4. The minimum atomic E-state index is -1.31. The van der Waals surface area contributed by atoms with E-state index in [2.05, 4.69) is 59.9 Å². The molecule has 15 atom stereocenters. The molecule has 0 spiro atoms. The van der Waals surface area contributed by atoms with E-state index in [4.69, 9.17) is 33.2 Å². The molecule has 1 aliphatic heterocycles. The number of carbonyl (C=O) groups excluding carboxylic acids is 5. The van der Waals surface area contributed by atoms with E-state index >= 15 is 0 Å². The van der Waals surface area contributed by atoms with Crippen molar-refractivity contribution in [2.24, 2.45) is 56.7 Å². The predicted molar refractivity (Wildman–Crippen MR) is 236 cm³/mol. The molecule has 13 nitrogen and oxygen atoms in total. The SMILES string of the molecule is COC(=O)[C@]12CC[C@@H](C)[C@H](C)[C@H]1C1=CC[C@@H]3[C@@]4(C)CC[C@H](O[C@@H]5O[C@H](CNC(=O)OCc6ccccc6)[C@@H](OC(C)=O)[C@H](OC(C)=O)[C@H]5OC(C)=O)C(C)(C)[C@@H]4CC[C@@]3(C)[C@]1(C)CC2. The van der Waals surface area contributed by atoms with Gasteiger partial charge in [0.05, 0.1) is 25.2 Å². The maximum Gasteiger partial charge on any atom is 0.407 e. The van der Waals surface area contributed by atoms with Crippen molar-refractivity contribution in [2.45, 2.75) is 170 Å². The Labute approximate surface area is 379 Å². The Morgan fingerprint density at radius 3 is 2.08 bits per heavy atom. The Hall–Kier alpha value is -3.97. The maximum absolute atomic E-state index is 13.8. The molecule has 0 unspecified atom stereocenters. The van der Waals surface area contributed by atoms with Crippen LogP contribution in [0.25, 0.3) is 0 Å². The number of ether oxygens (including phenoxy) is 7. The van der Waals surface area contributed by atoms with E-state index in [1.807, 2.05) is 30.3 Å². The molecule has 6 aliphatic rings. The molecule has 13 heteroatoms. The number of methoxy groups -OCH3 is 1. The van der Waals surface area contributed by atoms with Crippen LogP contribution in [-0.2, 0) is 58.9 Å². The van der Waals surface area contributed by atoms with E-state index < -0.39 is 60.1 Å². The summed E-state index contributed by atoms with van der Waals surface area (Å²) in [5, 5.41) is 2.71. The maximum atomic E-state index is 13.8. The second-order valence-electron chi connectivity index (χ2n) is 21.5. The molecule has 1 aromatic rings. The molecule has 5 fully saturated rings. The van der Waals surface area contributed by atoms with Gasteiger partial charge >= 0.3 is 30.0 Å². The van der Waals surface area contributed by atoms with Crippen LogP contribution in [0.15, 0.2) is 42.0 Å². The highest BCUT2D eigenvalue weighted by Gasteiger charge is 2.70. The van der Waals surface area contributed by atoms with Crippen molar-refractivity contribution in [3.63, 3.8) is 0 Å². The zero-order valence-corrected chi connectivity index (χ0v) is 40.0. The van der Waals surface area contributed by atoms with Gasteiger partial charge < -0.3 is 38.5 Å². The van der Waals surface area contributed by atoms with Crippen LogP contribution in [0.1, 0.15) is 133 Å². The van der Waals surface area contributed by atoms with Crippen molar-refractivity contribution < 1.29 is 57.1 Å². The fraction of sp³-hybridized carbons (Fsp3) is 0.745. The van der Waals surface area contributed by atoms with Crippen LogP contribution >= 0.6 is 0 Å². The third-order valence-corrected chi connectivity index (χ3v) is 18.0. The molecular weight excluding hydrogens is 819 g/mol. The number of amides is 1. The normalized spacial score (nSPS) is 40.9. The van der Waals surface area contributed by atoms with Crippen LogP contribution in [-0.4, -0.2) is 80.4 Å². The van der Waals surface area contributed by atoms with E-state index in [9.17, 15) is 24.0 Å². The Bertz CT molecular complexity index is 1970. The van der Waals surface area contributed by atoms with E-state index in [0.717, 1.165) is 56.9 Å². The number of alkyl carbamates (subject to hydrolysis) is 1. The summed E-state index contributed by atoms with van der Waals surface area (Å²) in [6.45, 7) is 20.3. The molecule has 1 N–H and O–H groups in total. The van der Waals surface area contributed by atoms with Crippen LogP contribution in [0, 0.1) is 56.7 Å². The fourth-order valence-electron chi connectivity index (χ4n) is 14.5. The molecule has 5 aliphatic carbocycles. The first-order valence-corrected chi connectivity index (χ1v) is 23.7. The number of nitrogens with one attached hydrogen (secondary N) is 1. The van der Waals surface area contributed by atoms with E-state index in [-0.39, 0.29) is 58.7 Å². The summed E-state index contributed by atoms with van der Waals surface area (Å²) in [6.07, 6.45) is 3.57. The second kappa shape index (κ2) is 18.0. The molecular formula is C51H73NO12. The fourth-order valence-corrected chi connectivity index (χ4v) is 14.5. The molecule has 0 radical (unpaired) electrons. The quantitative estimate of drug-likeness (QED) is 0.103.